The fourth-order valence-corrected chi connectivity index (χ4v) is 4.26. The quantitative estimate of drug-likeness (QED) is 0.423. The number of amides is 1. The Morgan fingerprint density at radius 2 is 1.84 bits per heavy atom. The molecule has 9 heteroatoms. The third kappa shape index (κ3) is 4.28. The number of para-hydroxylation sites is 1. The van der Waals surface area contributed by atoms with Gasteiger partial charge in [0.25, 0.3) is 5.91 Å². The molecule has 32 heavy (non-hydrogen) atoms. The lowest BCUT2D eigenvalue weighted by Crippen LogP contribution is -2.21. The predicted molar refractivity (Wildman–Crippen MR) is 122 cm³/mol. The van der Waals surface area contributed by atoms with Gasteiger partial charge in [-0.3, -0.25) is 4.79 Å². The second kappa shape index (κ2) is 9.11. The fraction of sp³-hybridized carbons (Fsp3) is 0.174. The summed E-state index contributed by atoms with van der Waals surface area (Å²) < 4.78 is 17.4. The van der Waals surface area contributed by atoms with E-state index in [0.717, 1.165) is 21.6 Å². The first-order chi connectivity index (χ1) is 15.5. The number of aromatic nitrogens is 2. The van der Waals surface area contributed by atoms with Gasteiger partial charge in [0.2, 0.25) is 0 Å². The zero-order chi connectivity index (χ0) is 22.7. The molecule has 1 N–H and O–H groups in total. The number of nitrogens with one attached hydrogen (secondary N) is 1. The summed E-state index contributed by atoms with van der Waals surface area (Å²) in [6.45, 7) is 1.46. The Balaban J connectivity index is 1.45. The second-order valence-corrected chi connectivity index (χ2v) is 7.88. The Bertz CT molecular complexity index is 1280. The number of carbonyl (C=O) groups is 2. The van der Waals surface area contributed by atoms with Crippen LogP contribution in [0.3, 0.4) is 0 Å². The van der Waals surface area contributed by atoms with E-state index >= 15 is 0 Å². The van der Waals surface area contributed by atoms with Crippen molar-refractivity contribution in [2.75, 3.05) is 26.1 Å². The average Bonchev–Trinajstić information content (AvgIpc) is 3.39. The third-order valence-corrected chi connectivity index (χ3v) is 5.85. The van der Waals surface area contributed by atoms with Crippen molar-refractivity contribution in [3.05, 3.63) is 65.2 Å². The van der Waals surface area contributed by atoms with Gasteiger partial charge >= 0.3 is 5.97 Å². The van der Waals surface area contributed by atoms with E-state index in [0.29, 0.717) is 22.1 Å². The first-order valence-electron chi connectivity index (χ1n) is 9.73. The number of hydrogen-bond donors (Lipinski definition) is 1. The summed E-state index contributed by atoms with van der Waals surface area (Å²) in [7, 11) is 3.03. The van der Waals surface area contributed by atoms with E-state index in [4.69, 9.17) is 14.2 Å². The maximum atomic E-state index is 12.6. The monoisotopic (exact) mass is 451 g/mol. The number of rotatable bonds is 7. The first kappa shape index (κ1) is 21.4. The van der Waals surface area contributed by atoms with E-state index in [1.807, 2.05) is 37.3 Å². The molecule has 0 atom stereocenters. The van der Waals surface area contributed by atoms with Crippen LogP contribution in [0.5, 0.6) is 11.5 Å². The Morgan fingerprint density at radius 1 is 1.06 bits per heavy atom. The predicted octanol–water partition coefficient (Wildman–Crippen LogP) is 4.21. The number of aryl methyl sites for hydroxylation is 1. The minimum absolute atomic E-state index is 0.403. The molecule has 164 valence electrons. The Morgan fingerprint density at radius 3 is 2.56 bits per heavy atom. The lowest BCUT2D eigenvalue weighted by molar-refractivity contribution is -0.119. The minimum Gasteiger partial charge on any atom is -0.497 e. The standard InChI is InChI=1S/C23H21N3O5S/c1-14-17-12-20(32-22(17)26(25-14)15-7-5-4-6-8-15)23(28)31-13-21(27)24-18-10-9-16(29-2)11-19(18)30-3/h4-12H,13H2,1-3H3,(H,24,27). The van der Waals surface area contributed by atoms with Crippen molar-refractivity contribution in [3.8, 4) is 17.2 Å². The Hall–Kier alpha value is -3.85. The molecule has 4 rings (SSSR count). The minimum atomic E-state index is -0.568. The molecule has 0 spiro atoms. The number of benzene rings is 2. The van der Waals surface area contributed by atoms with E-state index in [1.165, 1.54) is 18.4 Å². The molecule has 0 fully saturated rings. The van der Waals surface area contributed by atoms with Gasteiger partial charge in [-0.25, -0.2) is 9.48 Å². The molecule has 2 heterocycles. The molecular formula is C23H21N3O5S. The summed E-state index contributed by atoms with van der Waals surface area (Å²) in [5, 5.41) is 8.11. The number of anilines is 1. The Kier molecular flexibility index (Phi) is 6.09. The first-order valence-corrected chi connectivity index (χ1v) is 10.6. The summed E-state index contributed by atoms with van der Waals surface area (Å²) in [6, 6.07) is 16.4. The van der Waals surface area contributed by atoms with Gasteiger partial charge in [0.1, 0.15) is 21.2 Å². The molecule has 0 aliphatic heterocycles. The van der Waals surface area contributed by atoms with Crippen LogP contribution < -0.4 is 14.8 Å². The fourth-order valence-electron chi connectivity index (χ4n) is 3.18. The number of carbonyl (C=O) groups excluding carboxylic acids is 2. The molecule has 4 aromatic rings. The van der Waals surface area contributed by atoms with Crippen LogP contribution in [0.4, 0.5) is 5.69 Å². The summed E-state index contributed by atoms with van der Waals surface area (Å²) in [5.74, 6) is -0.00787. The van der Waals surface area contributed by atoms with Gasteiger partial charge < -0.3 is 19.5 Å². The molecule has 2 aromatic carbocycles. The molecule has 0 radical (unpaired) electrons. The van der Waals surface area contributed by atoms with Gasteiger partial charge in [-0.1, -0.05) is 18.2 Å². The van der Waals surface area contributed by atoms with Gasteiger partial charge in [0.15, 0.2) is 6.61 Å². The topological polar surface area (TPSA) is 91.7 Å². The average molecular weight is 452 g/mol. The van der Waals surface area contributed by atoms with E-state index < -0.39 is 18.5 Å². The van der Waals surface area contributed by atoms with E-state index in [9.17, 15) is 9.59 Å². The van der Waals surface area contributed by atoms with Crippen molar-refractivity contribution in [3.63, 3.8) is 0 Å². The number of fused-ring (bicyclic) bond motifs is 1. The van der Waals surface area contributed by atoms with Gasteiger partial charge in [-0.15, -0.1) is 11.3 Å². The van der Waals surface area contributed by atoms with Crippen molar-refractivity contribution in [1.82, 2.24) is 9.78 Å². The van der Waals surface area contributed by atoms with Crippen LogP contribution in [0.15, 0.2) is 54.6 Å². The van der Waals surface area contributed by atoms with Crippen molar-refractivity contribution < 1.29 is 23.8 Å². The highest BCUT2D eigenvalue weighted by atomic mass is 32.1. The van der Waals surface area contributed by atoms with E-state index in [1.54, 1.807) is 36.1 Å². The summed E-state index contributed by atoms with van der Waals surface area (Å²) in [4.78, 5) is 26.1. The number of thiophene rings is 1. The van der Waals surface area contributed by atoms with Crippen LogP contribution >= 0.6 is 11.3 Å². The van der Waals surface area contributed by atoms with Crippen LogP contribution in [0.2, 0.25) is 0 Å². The van der Waals surface area contributed by atoms with Crippen molar-refractivity contribution in [2.45, 2.75) is 6.92 Å². The summed E-state index contributed by atoms with van der Waals surface area (Å²) in [6.07, 6.45) is 0. The zero-order valence-corrected chi connectivity index (χ0v) is 18.6. The maximum absolute atomic E-state index is 12.6. The highest BCUT2D eigenvalue weighted by Crippen LogP contribution is 2.31. The highest BCUT2D eigenvalue weighted by Gasteiger charge is 2.19. The molecular weight excluding hydrogens is 430 g/mol. The van der Waals surface area contributed by atoms with Gasteiger partial charge in [0, 0.05) is 11.5 Å². The molecule has 0 aliphatic rings. The molecule has 8 nitrogen and oxygen atoms in total. The lowest BCUT2D eigenvalue weighted by atomic mass is 10.2. The van der Waals surface area contributed by atoms with Crippen LogP contribution in [0.25, 0.3) is 15.9 Å². The van der Waals surface area contributed by atoms with Crippen LogP contribution in [0, 0.1) is 6.92 Å². The van der Waals surface area contributed by atoms with E-state index in [-0.39, 0.29) is 0 Å². The third-order valence-electron chi connectivity index (χ3n) is 4.76. The van der Waals surface area contributed by atoms with Gasteiger partial charge in [0.05, 0.1) is 31.3 Å². The van der Waals surface area contributed by atoms with E-state index in [2.05, 4.69) is 10.4 Å². The number of hydrogen-bond acceptors (Lipinski definition) is 7. The zero-order valence-electron chi connectivity index (χ0n) is 17.7. The number of esters is 1. The normalized spacial score (nSPS) is 10.7. The highest BCUT2D eigenvalue weighted by molar-refractivity contribution is 7.20. The molecule has 0 saturated carbocycles. The van der Waals surface area contributed by atoms with Gasteiger partial charge in [-0.05, 0) is 37.3 Å². The van der Waals surface area contributed by atoms with Crippen LogP contribution in [-0.4, -0.2) is 42.5 Å². The van der Waals surface area contributed by atoms with Gasteiger partial charge in [-0.2, -0.15) is 5.10 Å². The largest absolute Gasteiger partial charge is 0.497 e. The van der Waals surface area contributed by atoms with Crippen LogP contribution in [-0.2, 0) is 9.53 Å². The number of methoxy groups -OCH3 is 2. The second-order valence-electron chi connectivity index (χ2n) is 6.85. The van der Waals surface area contributed by atoms with Crippen molar-refractivity contribution in [1.29, 1.82) is 0 Å². The molecule has 0 unspecified atom stereocenters. The molecule has 0 saturated heterocycles. The van der Waals surface area contributed by atoms with Crippen molar-refractivity contribution >= 4 is 39.1 Å². The maximum Gasteiger partial charge on any atom is 0.348 e. The summed E-state index contributed by atoms with van der Waals surface area (Å²) in [5.41, 5.74) is 2.17. The number of nitrogens with zero attached hydrogens (tertiary/aromatic N) is 2. The molecule has 2 aromatic heterocycles. The summed E-state index contributed by atoms with van der Waals surface area (Å²) >= 11 is 1.27. The molecule has 0 bridgehead atoms. The smallest absolute Gasteiger partial charge is 0.348 e. The Labute approximate surface area is 188 Å². The lowest BCUT2D eigenvalue weighted by Gasteiger charge is -2.11. The molecule has 0 aliphatic carbocycles. The SMILES string of the molecule is COc1ccc(NC(=O)COC(=O)c2cc3c(C)nn(-c4ccccc4)c3s2)c(OC)c1. The van der Waals surface area contributed by atoms with Crippen LogP contribution in [0.1, 0.15) is 15.4 Å². The molecule has 1 amide bonds. The van der Waals surface area contributed by atoms with Crippen molar-refractivity contribution in [2.24, 2.45) is 0 Å². The number of ether oxygens (including phenoxy) is 3.